The van der Waals surface area contributed by atoms with Gasteiger partial charge in [-0.3, -0.25) is 0 Å². The second kappa shape index (κ2) is 6.23. The Kier molecular flexibility index (Phi) is 4.61. The molecule has 0 heterocycles. The summed E-state index contributed by atoms with van der Waals surface area (Å²) in [5, 5.41) is 11.4. The van der Waals surface area contributed by atoms with Crippen LogP contribution < -0.4 is 0 Å². The summed E-state index contributed by atoms with van der Waals surface area (Å²) < 4.78 is 0. The van der Waals surface area contributed by atoms with E-state index in [1.807, 2.05) is 30.3 Å². The molecule has 0 aromatic heterocycles. The van der Waals surface area contributed by atoms with Crippen molar-refractivity contribution in [2.24, 2.45) is 0 Å². The van der Waals surface area contributed by atoms with Gasteiger partial charge in [0, 0.05) is 0 Å². The molecule has 2 rings (SSSR count). The van der Waals surface area contributed by atoms with Gasteiger partial charge >= 0.3 is 0 Å². The highest BCUT2D eigenvalue weighted by molar-refractivity contribution is 5.42. The topological polar surface area (TPSA) is 20.2 Å². The molecule has 0 saturated carbocycles. The van der Waals surface area contributed by atoms with Gasteiger partial charge in [-0.05, 0) is 37.0 Å². The van der Waals surface area contributed by atoms with Crippen LogP contribution in [0.2, 0.25) is 0 Å². The quantitative estimate of drug-likeness (QED) is 0.831. The fourth-order valence-corrected chi connectivity index (χ4v) is 2.86. The van der Waals surface area contributed by atoms with Crippen LogP contribution in [0.4, 0.5) is 0 Å². The van der Waals surface area contributed by atoms with Gasteiger partial charge in [0.2, 0.25) is 0 Å². The van der Waals surface area contributed by atoms with Gasteiger partial charge in [-0.1, -0.05) is 73.9 Å². The normalized spacial score (nSPS) is 14.0. The van der Waals surface area contributed by atoms with E-state index in [0.29, 0.717) is 0 Å². The summed E-state index contributed by atoms with van der Waals surface area (Å²) in [6.07, 6.45) is 2.86. The molecule has 2 aromatic rings. The molecule has 2 aromatic carbocycles. The monoisotopic (exact) mass is 268 g/mol. The Morgan fingerprint density at radius 3 is 2.30 bits per heavy atom. The van der Waals surface area contributed by atoms with Crippen LogP contribution in [0.5, 0.6) is 0 Å². The van der Waals surface area contributed by atoms with Crippen LogP contribution in [0.1, 0.15) is 48.4 Å². The van der Waals surface area contributed by atoms with Crippen LogP contribution in [0.15, 0.2) is 48.5 Å². The fourth-order valence-electron chi connectivity index (χ4n) is 2.86. The van der Waals surface area contributed by atoms with Crippen molar-refractivity contribution < 1.29 is 5.11 Å². The number of hydrogen-bond donors (Lipinski definition) is 1. The summed E-state index contributed by atoms with van der Waals surface area (Å²) >= 11 is 0. The van der Waals surface area contributed by atoms with E-state index >= 15 is 0 Å². The van der Waals surface area contributed by atoms with Crippen LogP contribution >= 0.6 is 0 Å². The Morgan fingerprint density at radius 1 is 1.00 bits per heavy atom. The van der Waals surface area contributed by atoms with Crippen LogP contribution in [-0.4, -0.2) is 5.11 Å². The van der Waals surface area contributed by atoms with E-state index in [4.69, 9.17) is 0 Å². The molecule has 0 radical (unpaired) electrons. The average molecular weight is 268 g/mol. The number of aliphatic hydroxyl groups is 1. The minimum Gasteiger partial charge on any atom is -0.380 e. The van der Waals surface area contributed by atoms with Gasteiger partial charge in [-0.2, -0.15) is 0 Å². The maximum Gasteiger partial charge on any atom is 0.115 e. The number of aryl methyl sites for hydroxylation is 2. The van der Waals surface area contributed by atoms with Gasteiger partial charge in [0.1, 0.15) is 5.60 Å². The van der Waals surface area contributed by atoms with Crippen LogP contribution in [0.3, 0.4) is 0 Å². The summed E-state index contributed by atoms with van der Waals surface area (Å²) in [4.78, 5) is 0. The van der Waals surface area contributed by atoms with Crippen LogP contribution in [-0.2, 0) is 5.60 Å². The Morgan fingerprint density at radius 2 is 1.70 bits per heavy atom. The molecule has 0 saturated heterocycles. The zero-order valence-electron chi connectivity index (χ0n) is 12.7. The van der Waals surface area contributed by atoms with E-state index in [2.05, 4.69) is 39.0 Å². The van der Waals surface area contributed by atoms with E-state index in [0.717, 1.165) is 36.0 Å². The zero-order valence-corrected chi connectivity index (χ0v) is 12.7. The number of hydrogen-bond acceptors (Lipinski definition) is 1. The smallest absolute Gasteiger partial charge is 0.115 e. The number of rotatable bonds is 5. The molecule has 1 N–H and O–H groups in total. The van der Waals surface area contributed by atoms with Crippen LogP contribution in [0.25, 0.3) is 0 Å². The highest BCUT2D eigenvalue weighted by Crippen LogP contribution is 2.36. The highest BCUT2D eigenvalue weighted by atomic mass is 16.3. The number of unbranched alkanes of at least 4 members (excludes halogenated alkanes) is 1. The first kappa shape index (κ1) is 14.8. The van der Waals surface area contributed by atoms with Crippen molar-refractivity contribution in [2.75, 3.05) is 0 Å². The Balaban J connectivity index is 2.51. The van der Waals surface area contributed by atoms with Crippen molar-refractivity contribution in [3.8, 4) is 0 Å². The summed E-state index contributed by atoms with van der Waals surface area (Å²) in [6.45, 7) is 6.33. The average Bonchev–Trinajstić information content (AvgIpc) is 2.45. The molecule has 0 fully saturated rings. The van der Waals surface area contributed by atoms with Gasteiger partial charge in [-0.15, -0.1) is 0 Å². The lowest BCUT2D eigenvalue weighted by Crippen LogP contribution is -2.28. The van der Waals surface area contributed by atoms with Crippen molar-refractivity contribution in [3.05, 3.63) is 70.8 Å². The Bertz CT molecular complexity index is 559. The molecular weight excluding hydrogens is 244 g/mol. The second-order valence-corrected chi connectivity index (χ2v) is 5.65. The van der Waals surface area contributed by atoms with E-state index in [9.17, 15) is 5.11 Å². The maximum absolute atomic E-state index is 11.4. The van der Waals surface area contributed by atoms with Crippen molar-refractivity contribution in [1.82, 2.24) is 0 Å². The summed E-state index contributed by atoms with van der Waals surface area (Å²) in [5.74, 6) is 0. The first-order chi connectivity index (χ1) is 9.58. The van der Waals surface area contributed by atoms with Crippen molar-refractivity contribution >= 4 is 0 Å². The molecule has 1 unspecified atom stereocenters. The van der Waals surface area contributed by atoms with Crippen molar-refractivity contribution in [1.29, 1.82) is 0 Å². The highest BCUT2D eigenvalue weighted by Gasteiger charge is 2.31. The molecule has 1 heteroatoms. The SMILES string of the molecule is CCCCC(O)(c1ccccc1)c1ccc(C)cc1C. The summed E-state index contributed by atoms with van der Waals surface area (Å²) in [5.41, 5.74) is 3.53. The lowest BCUT2D eigenvalue weighted by atomic mass is 9.80. The summed E-state index contributed by atoms with van der Waals surface area (Å²) in [7, 11) is 0. The van der Waals surface area contributed by atoms with Crippen LogP contribution in [0, 0.1) is 13.8 Å². The fraction of sp³-hybridized carbons (Fsp3) is 0.368. The molecule has 0 aliphatic heterocycles. The van der Waals surface area contributed by atoms with Gasteiger partial charge in [0.25, 0.3) is 0 Å². The lowest BCUT2D eigenvalue weighted by molar-refractivity contribution is 0.0678. The van der Waals surface area contributed by atoms with E-state index < -0.39 is 5.60 Å². The molecule has 0 amide bonds. The molecule has 0 bridgehead atoms. The molecule has 106 valence electrons. The van der Waals surface area contributed by atoms with Crippen molar-refractivity contribution in [2.45, 2.75) is 45.6 Å². The van der Waals surface area contributed by atoms with Gasteiger partial charge < -0.3 is 5.11 Å². The minimum atomic E-state index is -0.880. The van der Waals surface area contributed by atoms with Gasteiger partial charge in [0.15, 0.2) is 0 Å². The largest absolute Gasteiger partial charge is 0.380 e. The first-order valence-corrected chi connectivity index (χ1v) is 7.43. The molecule has 1 nitrogen and oxygen atoms in total. The standard InChI is InChI=1S/C19H24O/c1-4-5-13-19(20,17-9-7-6-8-10-17)18-12-11-15(2)14-16(18)3/h6-12,14,20H,4-5,13H2,1-3H3. The molecule has 0 aliphatic carbocycles. The molecule has 0 aliphatic rings. The number of benzene rings is 2. The predicted molar refractivity (Wildman–Crippen MR) is 84.9 cm³/mol. The minimum absolute atomic E-state index is 0.761. The first-order valence-electron chi connectivity index (χ1n) is 7.43. The Labute approximate surface area is 122 Å². The van der Waals surface area contributed by atoms with Gasteiger partial charge in [-0.25, -0.2) is 0 Å². The summed E-state index contributed by atoms with van der Waals surface area (Å²) in [6, 6.07) is 16.3. The lowest BCUT2D eigenvalue weighted by Gasteiger charge is -2.31. The third-order valence-electron chi connectivity index (χ3n) is 3.97. The molecule has 20 heavy (non-hydrogen) atoms. The second-order valence-electron chi connectivity index (χ2n) is 5.65. The van der Waals surface area contributed by atoms with Gasteiger partial charge in [0.05, 0.1) is 0 Å². The molecule has 0 spiro atoms. The predicted octanol–water partition coefficient (Wildman–Crippen LogP) is 4.73. The maximum atomic E-state index is 11.4. The van der Waals surface area contributed by atoms with E-state index in [1.54, 1.807) is 0 Å². The molecular formula is C19H24O. The van der Waals surface area contributed by atoms with Crippen molar-refractivity contribution in [3.63, 3.8) is 0 Å². The zero-order chi connectivity index (χ0) is 14.6. The van der Waals surface area contributed by atoms with E-state index in [1.165, 1.54) is 5.56 Å². The third kappa shape index (κ3) is 2.94. The molecule has 1 atom stereocenters. The Hall–Kier alpha value is -1.60. The van der Waals surface area contributed by atoms with E-state index in [-0.39, 0.29) is 0 Å². The third-order valence-corrected chi connectivity index (χ3v) is 3.97.